The number of hydrogen-bond acceptors (Lipinski definition) is 2. The van der Waals surface area contributed by atoms with E-state index in [4.69, 9.17) is 10.5 Å². The van der Waals surface area contributed by atoms with Crippen LogP contribution in [0.4, 0.5) is 0 Å². The molecule has 2 nitrogen and oxygen atoms in total. The Kier molecular flexibility index (Phi) is 5.56. The smallest absolute Gasteiger partial charge is 0.124 e. The van der Waals surface area contributed by atoms with Crippen molar-refractivity contribution in [1.29, 1.82) is 0 Å². The molecule has 0 fully saturated rings. The van der Waals surface area contributed by atoms with Crippen molar-refractivity contribution in [2.45, 2.75) is 25.8 Å². The molecule has 0 radical (unpaired) electrons. The SMILES string of the molecule is C=CCC[C@@H](N)c1cc(Br)ccc1OCC. The van der Waals surface area contributed by atoms with Crippen LogP contribution in [-0.4, -0.2) is 6.61 Å². The Bertz CT molecular complexity index is 352. The van der Waals surface area contributed by atoms with Gasteiger partial charge in [0.1, 0.15) is 5.75 Å². The second-order valence-corrected chi connectivity index (χ2v) is 4.50. The molecule has 1 aromatic carbocycles. The largest absolute Gasteiger partial charge is 0.494 e. The van der Waals surface area contributed by atoms with Crippen LogP contribution >= 0.6 is 15.9 Å². The second kappa shape index (κ2) is 6.71. The molecule has 0 saturated heterocycles. The average Bonchev–Trinajstić information content (AvgIpc) is 2.28. The first-order valence-corrected chi connectivity index (χ1v) is 6.27. The lowest BCUT2D eigenvalue weighted by molar-refractivity contribution is 0.333. The van der Waals surface area contributed by atoms with Gasteiger partial charge in [0.05, 0.1) is 6.61 Å². The van der Waals surface area contributed by atoms with Gasteiger partial charge in [-0.3, -0.25) is 0 Å². The lowest BCUT2D eigenvalue weighted by Gasteiger charge is -2.16. The number of allylic oxidation sites excluding steroid dienone is 1. The highest BCUT2D eigenvalue weighted by molar-refractivity contribution is 9.10. The number of nitrogens with two attached hydrogens (primary N) is 1. The molecule has 0 aliphatic carbocycles. The van der Waals surface area contributed by atoms with E-state index in [9.17, 15) is 0 Å². The molecule has 0 aliphatic rings. The van der Waals surface area contributed by atoms with E-state index in [1.165, 1.54) is 0 Å². The molecule has 0 aromatic heterocycles. The van der Waals surface area contributed by atoms with E-state index in [0.29, 0.717) is 6.61 Å². The predicted molar refractivity (Wildman–Crippen MR) is 71.7 cm³/mol. The van der Waals surface area contributed by atoms with Gasteiger partial charge in [0, 0.05) is 16.1 Å². The molecule has 0 saturated carbocycles. The third-order valence-corrected chi connectivity index (χ3v) is 2.85. The van der Waals surface area contributed by atoms with Crippen LogP contribution < -0.4 is 10.5 Å². The number of halogens is 1. The minimum Gasteiger partial charge on any atom is -0.494 e. The summed E-state index contributed by atoms with van der Waals surface area (Å²) in [6, 6.07) is 5.95. The highest BCUT2D eigenvalue weighted by atomic mass is 79.9. The molecule has 0 aliphatic heterocycles. The van der Waals surface area contributed by atoms with Crippen molar-refractivity contribution in [2.75, 3.05) is 6.61 Å². The molecule has 0 amide bonds. The Morgan fingerprint density at radius 1 is 1.56 bits per heavy atom. The van der Waals surface area contributed by atoms with Gasteiger partial charge in [-0.05, 0) is 38.0 Å². The van der Waals surface area contributed by atoms with Crippen LogP contribution in [-0.2, 0) is 0 Å². The van der Waals surface area contributed by atoms with Gasteiger partial charge in [0.2, 0.25) is 0 Å². The zero-order valence-electron chi connectivity index (χ0n) is 9.58. The first kappa shape index (κ1) is 13.3. The quantitative estimate of drug-likeness (QED) is 0.806. The average molecular weight is 284 g/mol. The van der Waals surface area contributed by atoms with Crippen LogP contribution in [0.15, 0.2) is 35.3 Å². The Balaban J connectivity index is 2.89. The summed E-state index contributed by atoms with van der Waals surface area (Å²) in [6.07, 6.45) is 3.69. The monoisotopic (exact) mass is 283 g/mol. The summed E-state index contributed by atoms with van der Waals surface area (Å²) in [6.45, 7) is 6.34. The van der Waals surface area contributed by atoms with E-state index in [0.717, 1.165) is 28.6 Å². The van der Waals surface area contributed by atoms with Gasteiger partial charge in [-0.15, -0.1) is 6.58 Å². The summed E-state index contributed by atoms with van der Waals surface area (Å²) in [5.74, 6) is 0.877. The second-order valence-electron chi connectivity index (χ2n) is 3.59. The van der Waals surface area contributed by atoms with Gasteiger partial charge in [-0.25, -0.2) is 0 Å². The summed E-state index contributed by atoms with van der Waals surface area (Å²) >= 11 is 3.45. The standard InChI is InChI=1S/C13H18BrNO/c1-3-5-6-12(15)11-9-10(14)7-8-13(11)16-4-2/h3,7-9,12H,1,4-6,15H2,2H3/t12-/m1/s1. The van der Waals surface area contributed by atoms with Crippen molar-refractivity contribution in [3.8, 4) is 5.75 Å². The Hall–Kier alpha value is -0.800. The maximum absolute atomic E-state index is 6.13. The number of ether oxygens (including phenoxy) is 1. The van der Waals surface area contributed by atoms with Crippen LogP contribution in [0.2, 0.25) is 0 Å². The van der Waals surface area contributed by atoms with E-state index in [2.05, 4.69) is 22.5 Å². The van der Waals surface area contributed by atoms with E-state index < -0.39 is 0 Å². The van der Waals surface area contributed by atoms with Crippen LogP contribution in [0.5, 0.6) is 5.75 Å². The van der Waals surface area contributed by atoms with Crippen LogP contribution in [0.1, 0.15) is 31.4 Å². The zero-order chi connectivity index (χ0) is 12.0. The predicted octanol–water partition coefficient (Wildman–Crippen LogP) is 3.81. The molecule has 1 atom stereocenters. The summed E-state index contributed by atoms with van der Waals surface area (Å²) in [5.41, 5.74) is 7.19. The van der Waals surface area contributed by atoms with Crippen molar-refractivity contribution in [3.05, 3.63) is 40.9 Å². The third kappa shape index (κ3) is 3.65. The number of rotatable bonds is 6. The fraction of sp³-hybridized carbons (Fsp3) is 0.385. The maximum Gasteiger partial charge on any atom is 0.124 e. The molecule has 0 bridgehead atoms. The number of benzene rings is 1. The minimum absolute atomic E-state index is 0.00273. The fourth-order valence-corrected chi connectivity index (χ4v) is 1.93. The molecule has 1 rings (SSSR count). The van der Waals surface area contributed by atoms with Crippen molar-refractivity contribution >= 4 is 15.9 Å². The zero-order valence-corrected chi connectivity index (χ0v) is 11.2. The van der Waals surface area contributed by atoms with Crippen LogP contribution in [0.3, 0.4) is 0 Å². The first-order chi connectivity index (χ1) is 7.69. The molecular weight excluding hydrogens is 266 g/mol. The summed E-state index contributed by atoms with van der Waals surface area (Å²) in [4.78, 5) is 0. The highest BCUT2D eigenvalue weighted by Crippen LogP contribution is 2.29. The molecular formula is C13H18BrNO. The summed E-state index contributed by atoms with van der Waals surface area (Å²) < 4.78 is 6.59. The van der Waals surface area contributed by atoms with Gasteiger partial charge in [-0.1, -0.05) is 22.0 Å². The van der Waals surface area contributed by atoms with Gasteiger partial charge in [0.25, 0.3) is 0 Å². The summed E-state index contributed by atoms with van der Waals surface area (Å²) in [5, 5.41) is 0. The molecule has 0 heterocycles. The van der Waals surface area contributed by atoms with Gasteiger partial charge < -0.3 is 10.5 Å². The van der Waals surface area contributed by atoms with Crippen molar-refractivity contribution in [1.82, 2.24) is 0 Å². The highest BCUT2D eigenvalue weighted by Gasteiger charge is 2.11. The maximum atomic E-state index is 6.13. The number of hydrogen-bond donors (Lipinski definition) is 1. The van der Waals surface area contributed by atoms with Gasteiger partial charge in [0.15, 0.2) is 0 Å². The fourth-order valence-electron chi connectivity index (χ4n) is 1.55. The van der Waals surface area contributed by atoms with Crippen LogP contribution in [0, 0.1) is 0 Å². The molecule has 88 valence electrons. The van der Waals surface area contributed by atoms with Crippen LogP contribution in [0.25, 0.3) is 0 Å². The molecule has 1 aromatic rings. The van der Waals surface area contributed by atoms with Gasteiger partial charge >= 0.3 is 0 Å². The van der Waals surface area contributed by atoms with E-state index in [1.54, 1.807) is 0 Å². The van der Waals surface area contributed by atoms with E-state index in [-0.39, 0.29) is 6.04 Å². The first-order valence-electron chi connectivity index (χ1n) is 5.47. The lowest BCUT2D eigenvalue weighted by atomic mass is 10.0. The molecule has 0 spiro atoms. The van der Waals surface area contributed by atoms with Gasteiger partial charge in [-0.2, -0.15) is 0 Å². The Labute approximate surface area is 106 Å². The normalized spacial score (nSPS) is 12.2. The lowest BCUT2D eigenvalue weighted by Crippen LogP contribution is -2.12. The van der Waals surface area contributed by atoms with E-state index in [1.807, 2.05) is 31.2 Å². The Morgan fingerprint density at radius 3 is 2.94 bits per heavy atom. The van der Waals surface area contributed by atoms with Crippen molar-refractivity contribution in [2.24, 2.45) is 5.73 Å². The topological polar surface area (TPSA) is 35.2 Å². The minimum atomic E-state index is -0.00273. The molecule has 16 heavy (non-hydrogen) atoms. The summed E-state index contributed by atoms with van der Waals surface area (Å²) in [7, 11) is 0. The van der Waals surface area contributed by atoms with Crippen molar-refractivity contribution in [3.63, 3.8) is 0 Å². The van der Waals surface area contributed by atoms with E-state index >= 15 is 0 Å². The third-order valence-electron chi connectivity index (χ3n) is 2.35. The molecule has 3 heteroatoms. The Morgan fingerprint density at radius 2 is 2.31 bits per heavy atom. The molecule has 0 unspecified atom stereocenters. The molecule has 2 N–H and O–H groups in total. The van der Waals surface area contributed by atoms with Crippen molar-refractivity contribution < 1.29 is 4.74 Å².